The smallest absolute Gasteiger partial charge is 0.407 e. The number of carbonyl (C=O) groups is 4. The fourth-order valence-corrected chi connectivity index (χ4v) is 7.52. The molecule has 3 N–H and O–H groups in total. The number of nitrogens with one attached hydrogen (secondary N) is 2. The van der Waals surface area contributed by atoms with Crippen molar-refractivity contribution in [2.24, 2.45) is 23.7 Å². The zero-order chi connectivity index (χ0) is 32.3. The van der Waals surface area contributed by atoms with Gasteiger partial charge in [-0.25, -0.2) is 19.0 Å². The lowest BCUT2D eigenvalue weighted by atomic mass is 9.76. The van der Waals surface area contributed by atoms with Gasteiger partial charge in [0.05, 0.1) is 17.9 Å². The highest BCUT2D eigenvalue weighted by atomic mass is 19.1. The standard InChI is InChI=1S/C33H45FN4O7/c1-33(2,3)45-32(43)37-25(17-34)20-9-11-21(12-10-20)30(40)38-14-13-24(19-7-5-4-6-8-19)27(38)28(39)36-23-15-22-16-26(31(41)42)44-29(22)35-18-23/h15-16,18-21,24-25,27H,4-14,17H2,1-3H3,(H,36,39)(H,37,43)(H,41,42)/t20?,21?,24-,25+,27-/m0/s1. The largest absolute Gasteiger partial charge is 0.475 e. The molecule has 2 aromatic rings. The molecule has 246 valence electrons. The Balaban J connectivity index is 1.27. The van der Waals surface area contributed by atoms with Crippen molar-refractivity contribution in [3.63, 3.8) is 0 Å². The van der Waals surface area contributed by atoms with Gasteiger partial charge in [-0.2, -0.15) is 0 Å². The van der Waals surface area contributed by atoms with Gasteiger partial charge in [0.2, 0.25) is 23.3 Å². The number of alkyl halides is 1. The summed E-state index contributed by atoms with van der Waals surface area (Å²) in [6.45, 7) is 5.06. The summed E-state index contributed by atoms with van der Waals surface area (Å²) in [7, 11) is 0. The van der Waals surface area contributed by atoms with Gasteiger partial charge >= 0.3 is 12.1 Å². The average molecular weight is 629 g/mol. The molecular formula is C33H45FN4O7. The van der Waals surface area contributed by atoms with Crippen LogP contribution < -0.4 is 10.6 Å². The number of furan rings is 1. The minimum Gasteiger partial charge on any atom is -0.475 e. The Hall–Kier alpha value is -3.70. The summed E-state index contributed by atoms with van der Waals surface area (Å²) >= 11 is 0. The molecule has 0 unspecified atom stereocenters. The number of ether oxygens (including phenoxy) is 1. The number of aromatic nitrogens is 1. The fourth-order valence-electron chi connectivity index (χ4n) is 7.52. The summed E-state index contributed by atoms with van der Waals surface area (Å²) < 4.78 is 24.5. The summed E-state index contributed by atoms with van der Waals surface area (Å²) in [5, 5.41) is 15.3. The Morgan fingerprint density at radius 2 is 1.78 bits per heavy atom. The highest BCUT2D eigenvalue weighted by molar-refractivity contribution is 5.99. The van der Waals surface area contributed by atoms with Gasteiger partial charge in [0, 0.05) is 23.9 Å². The molecule has 45 heavy (non-hydrogen) atoms. The molecule has 2 saturated carbocycles. The summed E-state index contributed by atoms with van der Waals surface area (Å²) in [5.41, 5.74) is -0.118. The second-order valence-electron chi connectivity index (χ2n) is 13.9. The van der Waals surface area contributed by atoms with Gasteiger partial charge in [0.25, 0.3) is 0 Å². The number of hydrogen-bond donors (Lipinski definition) is 3. The molecule has 1 saturated heterocycles. The number of carbonyl (C=O) groups excluding carboxylic acids is 3. The number of likely N-dealkylation sites (tertiary alicyclic amines) is 1. The van der Waals surface area contributed by atoms with Gasteiger partial charge in [-0.15, -0.1) is 0 Å². The van der Waals surface area contributed by atoms with E-state index in [2.05, 4.69) is 15.6 Å². The van der Waals surface area contributed by atoms with Crippen LogP contribution in [0.15, 0.2) is 22.7 Å². The number of nitrogens with zero attached hydrogens (tertiary/aromatic N) is 2. The van der Waals surface area contributed by atoms with Crippen LogP contribution in [-0.2, 0) is 14.3 Å². The van der Waals surface area contributed by atoms with Crippen molar-refractivity contribution in [2.45, 2.75) is 103 Å². The Bertz CT molecular complexity index is 1390. The van der Waals surface area contributed by atoms with Gasteiger partial charge in [0.1, 0.15) is 18.3 Å². The molecule has 2 aliphatic carbocycles. The van der Waals surface area contributed by atoms with Crippen LogP contribution in [0.2, 0.25) is 0 Å². The van der Waals surface area contributed by atoms with Crippen molar-refractivity contribution < 1.29 is 37.8 Å². The molecule has 11 nitrogen and oxygen atoms in total. The van der Waals surface area contributed by atoms with Gasteiger partial charge in [-0.05, 0) is 76.7 Å². The van der Waals surface area contributed by atoms with Gasteiger partial charge < -0.3 is 29.8 Å². The Labute approximate surface area is 262 Å². The molecule has 3 fully saturated rings. The van der Waals surface area contributed by atoms with Crippen molar-refractivity contribution in [1.82, 2.24) is 15.2 Å². The SMILES string of the molecule is CC(C)(C)OC(=O)N[C@H](CF)C1CCC(C(=O)N2CC[C@@H](C3CCCCC3)[C@H]2C(=O)Nc2cnc3oc(C(=O)O)cc3c2)CC1. The summed E-state index contributed by atoms with van der Waals surface area (Å²) in [6, 6.07) is 1.69. The molecule has 2 aromatic heterocycles. The van der Waals surface area contributed by atoms with Crippen molar-refractivity contribution in [2.75, 3.05) is 18.5 Å². The number of fused-ring (bicyclic) bond motifs is 1. The number of amides is 3. The van der Waals surface area contributed by atoms with E-state index in [-0.39, 0.29) is 41.0 Å². The van der Waals surface area contributed by atoms with E-state index in [9.17, 15) is 28.7 Å². The maximum atomic E-state index is 14.0. The Kier molecular flexibility index (Phi) is 9.98. The predicted octanol–water partition coefficient (Wildman–Crippen LogP) is 5.93. The molecule has 12 heteroatoms. The second kappa shape index (κ2) is 13.7. The molecular weight excluding hydrogens is 583 g/mol. The van der Waals surface area contributed by atoms with Crippen molar-refractivity contribution >= 4 is 40.7 Å². The molecule has 5 rings (SSSR count). The Morgan fingerprint density at radius 1 is 1.07 bits per heavy atom. The van der Waals surface area contributed by atoms with Gasteiger partial charge in [-0.1, -0.05) is 32.1 Å². The Morgan fingerprint density at radius 3 is 2.42 bits per heavy atom. The minimum absolute atomic E-state index is 0.0432. The van der Waals surface area contributed by atoms with E-state index in [0.29, 0.717) is 49.2 Å². The molecule has 1 aliphatic heterocycles. The monoisotopic (exact) mass is 628 g/mol. The topological polar surface area (TPSA) is 151 Å². The minimum atomic E-state index is -1.21. The van der Waals surface area contributed by atoms with Gasteiger partial charge in [-0.3, -0.25) is 9.59 Å². The first-order chi connectivity index (χ1) is 21.4. The number of rotatable bonds is 8. The molecule has 3 atom stereocenters. The van der Waals surface area contributed by atoms with Gasteiger partial charge in [0.15, 0.2) is 0 Å². The molecule has 3 amide bonds. The maximum Gasteiger partial charge on any atom is 0.407 e. The van der Waals surface area contributed by atoms with E-state index in [1.165, 1.54) is 18.7 Å². The second-order valence-corrected chi connectivity index (χ2v) is 13.9. The molecule has 0 spiro atoms. The summed E-state index contributed by atoms with van der Waals surface area (Å²) in [4.78, 5) is 57.5. The number of halogens is 1. The van der Waals surface area contributed by atoms with E-state index in [4.69, 9.17) is 9.15 Å². The molecule has 0 radical (unpaired) electrons. The third-order valence-electron chi connectivity index (χ3n) is 9.66. The summed E-state index contributed by atoms with van der Waals surface area (Å²) in [6.07, 6.45) is 9.34. The number of alkyl carbamates (subject to hydrolysis) is 1. The molecule has 3 heterocycles. The average Bonchev–Trinajstić information content (AvgIpc) is 3.64. The number of carboxylic acid groups (broad SMARTS) is 1. The zero-order valence-electron chi connectivity index (χ0n) is 26.4. The van der Waals surface area contributed by atoms with Crippen LogP contribution in [0.5, 0.6) is 0 Å². The predicted molar refractivity (Wildman–Crippen MR) is 164 cm³/mol. The first-order valence-corrected chi connectivity index (χ1v) is 16.2. The van der Waals surface area contributed by atoms with Crippen LogP contribution in [0.3, 0.4) is 0 Å². The number of pyridine rings is 1. The highest BCUT2D eigenvalue weighted by Crippen LogP contribution is 2.41. The van der Waals surface area contributed by atoms with Crippen LogP contribution in [0, 0.1) is 23.7 Å². The highest BCUT2D eigenvalue weighted by Gasteiger charge is 2.47. The first-order valence-electron chi connectivity index (χ1n) is 16.2. The first kappa shape index (κ1) is 32.7. The third-order valence-corrected chi connectivity index (χ3v) is 9.66. The molecule has 3 aliphatic rings. The summed E-state index contributed by atoms with van der Waals surface area (Å²) in [5.74, 6) is -1.73. The lowest BCUT2D eigenvalue weighted by molar-refractivity contribution is -0.142. The van der Waals surface area contributed by atoms with Crippen LogP contribution in [0.25, 0.3) is 11.1 Å². The molecule has 0 aromatic carbocycles. The van der Waals surface area contributed by atoms with Crippen molar-refractivity contribution in [1.29, 1.82) is 0 Å². The molecule has 0 bridgehead atoms. The third kappa shape index (κ3) is 7.76. The number of aromatic carboxylic acids is 1. The maximum absolute atomic E-state index is 14.0. The van der Waals surface area contributed by atoms with Crippen LogP contribution in [-0.4, -0.2) is 69.8 Å². The van der Waals surface area contributed by atoms with Crippen LogP contribution in [0.4, 0.5) is 14.9 Å². The normalized spacial score (nSPS) is 25.1. The van der Waals surface area contributed by atoms with E-state index in [1.54, 1.807) is 31.7 Å². The van der Waals surface area contributed by atoms with E-state index >= 15 is 0 Å². The van der Waals surface area contributed by atoms with Crippen molar-refractivity contribution in [3.8, 4) is 0 Å². The van der Waals surface area contributed by atoms with Crippen molar-refractivity contribution in [3.05, 3.63) is 24.1 Å². The van der Waals surface area contributed by atoms with Crippen LogP contribution in [0.1, 0.15) is 95.5 Å². The van der Waals surface area contributed by atoms with E-state index in [1.807, 2.05) is 0 Å². The van der Waals surface area contributed by atoms with E-state index in [0.717, 1.165) is 32.1 Å². The zero-order valence-corrected chi connectivity index (χ0v) is 26.4. The lowest BCUT2D eigenvalue weighted by Gasteiger charge is -2.37. The number of anilines is 1. The number of hydrogen-bond acceptors (Lipinski definition) is 7. The lowest BCUT2D eigenvalue weighted by Crippen LogP contribution is -2.50. The van der Waals surface area contributed by atoms with Crippen LogP contribution >= 0.6 is 0 Å². The van der Waals surface area contributed by atoms with E-state index < -0.39 is 36.4 Å². The number of carboxylic acids is 1. The quantitative estimate of drug-likeness (QED) is 0.325. The fraction of sp³-hybridized carbons (Fsp3) is 0.667.